The van der Waals surface area contributed by atoms with Gasteiger partial charge in [-0.3, -0.25) is 9.59 Å². The predicted molar refractivity (Wildman–Crippen MR) is 109 cm³/mol. The van der Waals surface area contributed by atoms with Crippen molar-refractivity contribution in [1.29, 1.82) is 0 Å². The molecule has 0 spiro atoms. The van der Waals surface area contributed by atoms with E-state index in [1.807, 2.05) is 54.8 Å². The zero-order chi connectivity index (χ0) is 19.7. The summed E-state index contributed by atoms with van der Waals surface area (Å²) in [4.78, 5) is 29.3. The Bertz CT molecular complexity index is 1030. The molecular formula is C22H24N4O2. The summed E-state index contributed by atoms with van der Waals surface area (Å²) in [6, 6.07) is 13.7. The van der Waals surface area contributed by atoms with Gasteiger partial charge in [0.25, 0.3) is 0 Å². The Morgan fingerprint density at radius 3 is 2.54 bits per heavy atom. The van der Waals surface area contributed by atoms with Crippen LogP contribution in [0.4, 0.5) is 5.69 Å². The highest BCUT2D eigenvalue weighted by Gasteiger charge is 2.29. The lowest BCUT2D eigenvalue weighted by Crippen LogP contribution is -2.27. The highest BCUT2D eigenvalue weighted by molar-refractivity contribution is 5.92. The van der Waals surface area contributed by atoms with E-state index in [9.17, 15) is 9.59 Å². The van der Waals surface area contributed by atoms with Crippen molar-refractivity contribution in [1.82, 2.24) is 14.9 Å². The van der Waals surface area contributed by atoms with Crippen molar-refractivity contribution >= 4 is 28.5 Å². The molecule has 1 aromatic heterocycles. The van der Waals surface area contributed by atoms with Gasteiger partial charge in [0.15, 0.2) is 0 Å². The molecule has 28 heavy (non-hydrogen) atoms. The van der Waals surface area contributed by atoms with E-state index in [0.717, 1.165) is 40.7 Å². The Labute approximate surface area is 164 Å². The zero-order valence-electron chi connectivity index (χ0n) is 16.2. The molecule has 2 N–H and O–H groups in total. The van der Waals surface area contributed by atoms with Crippen molar-refractivity contribution in [3.63, 3.8) is 0 Å². The number of fused-ring (bicyclic) bond motifs is 1. The van der Waals surface area contributed by atoms with Crippen molar-refractivity contribution in [3.05, 3.63) is 59.4 Å². The van der Waals surface area contributed by atoms with Gasteiger partial charge >= 0.3 is 0 Å². The van der Waals surface area contributed by atoms with E-state index in [-0.39, 0.29) is 24.3 Å². The minimum atomic E-state index is -0.122. The summed E-state index contributed by atoms with van der Waals surface area (Å²) < 4.78 is 1.88. The molecule has 144 valence electrons. The van der Waals surface area contributed by atoms with E-state index < -0.39 is 0 Å². The topological polar surface area (TPSA) is 76.0 Å². The average molecular weight is 376 g/mol. The van der Waals surface area contributed by atoms with Gasteiger partial charge in [-0.2, -0.15) is 0 Å². The number of hydrogen-bond donors (Lipinski definition) is 2. The highest BCUT2D eigenvalue weighted by Crippen LogP contribution is 2.29. The molecule has 1 aliphatic rings. The summed E-state index contributed by atoms with van der Waals surface area (Å²) in [5.41, 5.74) is 4.69. The predicted octanol–water partition coefficient (Wildman–Crippen LogP) is 3.32. The molecule has 0 radical (unpaired) electrons. The van der Waals surface area contributed by atoms with Gasteiger partial charge in [-0.05, 0) is 62.1 Å². The van der Waals surface area contributed by atoms with Crippen LogP contribution < -0.4 is 10.6 Å². The molecule has 0 atom stereocenters. The number of anilines is 1. The second-order valence-corrected chi connectivity index (χ2v) is 7.52. The SMILES string of the molecule is Cc1cc(C)cc(NC(=O)Cn2c(CNC(=O)C3CC3)nc3ccccc32)c1. The molecule has 3 aromatic rings. The standard InChI is InChI=1S/C22H24N4O2/c1-14-9-15(2)11-17(10-14)24-21(27)13-26-19-6-4-3-5-18(19)25-20(26)12-23-22(28)16-7-8-16/h3-6,9-11,16H,7-8,12-13H2,1-2H3,(H,23,28)(H,24,27). The number of aryl methyl sites for hydroxylation is 2. The number of hydrogen-bond acceptors (Lipinski definition) is 3. The van der Waals surface area contributed by atoms with Crippen LogP contribution in [0.25, 0.3) is 11.0 Å². The van der Waals surface area contributed by atoms with E-state index in [1.54, 1.807) is 0 Å². The van der Waals surface area contributed by atoms with Gasteiger partial charge in [-0.15, -0.1) is 0 Å². The number of imidazole rings is 1. The average Bonchev–Trinajstić information content (AvgIpc) is 3.43. The number of rotatable bonds is 6. The molecule has 0 bridgehead atoms. The van der Waals surface area contributed by atoms with E-state index in [4.69, 9.17) is 0 Å². The molecule has 1 heterocycles. The number of nitrogens with one attached hydrogen (secondary N) is 2. The Hall–Kier alpha value is -3.15. The minimum Gasteiger partial charge on any atom is -0.349 e. The summed E-state index contributed by atoms with van der Waals surface area (Å²) in [6.07, 6.45) is 1.92. The quantitative estimate of drug-likeness (QED) is 0.693. The molecular weight excluding hydrogens is 352 g/mol. The highest BCUT2D eigenvalue weighted by atomic mass is 16.2. The third-order valence-electron chi connectivity index (χ3n) is 4.91. The van der Waals surface area contributed by atoms with Crippen LogP contribution >= 0.6 is 0 Å². The summed E-state index contributed by atoms with van der Waals surface area (Å²) >= 11 is 0. The van der Waals surface area contributed by atoms with Crippen LogP contribution in [0.2, 0.25) is 0 Å². The molecule has 2 aromatic carbocycles. The lowest BCUT2D eigenvalue weighted by atomic mass is 10.1. The van der Waals surface area contributed by atoms with Crippen LogP contribution in [-0.4, -0.2) is 21.4 Å². The number of amides is 2. The van der Waals surface area contributed by atoms with E-state index in [0.29, 0.717) is 12.4 Å². The molecule has 1 aliphatic carbocycles. The van der Waals surface area contributed by atoms with Crippen molar-refractivity contribution in [3.8, 4) is 0 Å². The Kier molecular flexibility index (Phi) is 4.86. The van der Waals surface area contributed by atoms with Gasteiger partial charge in [-0.25, -0.2) is 4.98 Å². The second kappa shape index (κ2) is 7.46. The fourth-order valence-corrected chi connectivity index (χ4v) is 3.48. The first-order valence-electron chi connectivity index (χ1n) is 9.59. The van der Waals surface area contributed by atoms with E-state index in [1.165, 1.54) is 0 Å². The minimum absolute atomic E-state index is 0.0679. The van der Waals surface area contributed by atoms with Gasteiger partial charge in [0.05, 0.1) is 17.6 Å². The molecule has 6 nitrogen and oxygen atoms in total. The molecule has 2 amide bonds. The maximum Gasteiger partial charge on any atom is 0.244 e. The molecule has 0 aliphatic heterocycles. The van der Waals surface area contributed by atoms with E-state index >= 15 is 0 Å². The fraction of sp³-hybridized carbons (Fsp3) is 0.318. The number of carbonyl (C=O) groups is 2. The van der Waals surface area contributed by atoms with Crippen molar-refractivity contribution in [2.75, 3.05) is 5.32 Å². The monoisotopic (exact) mass is 376 g/mol. The number of carbonyl (C=O) groups excluding carboxylic acids is 2. The largest absolute Gasteiger partial charge is 0.349 e. The molecule has 1 fully saturated rings. The fourth-order valence-electron chi connectivity index (χ4n) is 3.48. The number of benzene rings is 2. The van der Waals surface area contributed by atoms with E-state index in [2.05, 4.69) is 21.7 Å². The Morgan fingerprint density at radius 1 is 1.11 bits per heavy atom. The van der Waals surface area contributed by atoms with Crippen molar-refractivity contribution < 1.29 is 9.59 Å². The summed E-state index contributed by atoms with van der Waals surface area (Å²) in [5, 5.41) is 5.92. The van der Waals surface area contributed by atoms with Crippen molar-refractivity contribution in [2.24, 2.45) is 5.92 Å². The summed E-state index contributed by atoms with van der Waals surface area (Å²) in [5.74, 6) is 0.776. The van der Waals surface area contributed by atoms with Gasteiger partial charge < -0.3 is 15.2 Å². The summed E-state index contributed by atoms with van der Waals surface area (Å²) in [6.45, 7) is 4.47. The maximum absolute atomic E-state index is 12.7. The van der Waals surface area contributed by atoms with Crippen molar-refractivity contribution in [2.45, 2.75) is 39.8 Å². The first-order chi connectivity index (χ1) is 13.5. The number of aromatic nitrogens is 2. The Balaban J connectivity index is 1.54. The van der Waals surface area contributed by atoms with Gasteiger partial charge in [0.2, 0.25) is 11.8 Å². The lowest BCUT2D eigenvalue weighted by Gasteiger charge is -2.12. The molecule has 0 saturated heterocycles. The molecule has 6 heteroatoms. The van der Waals surface area contributed by atoms with Crippen LogP contribution in [0.1, 0.15) is 29.8 Å². The van der Waals surface area contributed by atoms with Crippen LogP contribution in [0.15, 0.2) is 42.5 Å². The van der Waals surface area contributed by atoms with Crippen LogP contribution in [0, 0.1) is 19.8 Å². The Morgan fingerprint density at radius 2 is 1.82 bits per heavy atom. The number of para-hydroxylation sites is 2. The maximum atomic E-state index is 12.7. The number of nitrogens with zero attached hydrogens (tertiary/aromatic N) is 2. The summed E-state index contributed by atoms with van der Waals surface area (Å²) in [7, 11) is 0. The lowest BCUT2D eigenvalue weighted by molar-refractivity contribution is -0.122. The first-order valence-corrected chi connectivity index (χ1v) is 9.59. The van der Waals surface area contributed by atoms with Gasteiger partial charge in [0.1, 0.15) is 12.4 Å². The second-order valence-electron chi connectivity index (χ2n) is 7.52. The van der Waals surface area contributed by atoms with Crippen LogP contribution in [0.3, 0.4) is 0 Å². The molecule has 1 saturated carbocycles. The first kappa shape index (κ1) is 18.2. The smallest absolute Gasteiger partial charge is 0.244 e. The third kappa shape index (κ3) is 4.06. The van der Waals surface area contributed by atoms with Crippen LogP contribution in [0.5, 0.6) is 0 Å². The molecule has 0 unspecified atom stereocenters. The van der Waals surface area contributed by atoms with Gasteiger partial charge in [0, 0.05) is 11.6 Å². The van der Waals surface area contributed by atoms with Gasteiger partial charge in [-0.1, -0.05) is 18.2 Å². The molecule has 4 rings (SSSR count). The normalized spacial score (nSPS) is 13.5. The van der Waals surface area contributed by atoms with Crippen LogP contribution in [-0.2, 0) is 22.7 Å². The zero-order valence-corrected chi connectivity index (χ0v) is 16.2. The third-order valence-corrected chi connectivity index (χ3v) is 4.91.